The molecule has 2 N–H and O–H groups in total. The van der Waals surface area contributed by atoms with Crippen molar-refractivity contribution in [1.29, 1.82) is 0 Å². The lowest BCUT2D eigenvalue weighted by Gasteiger charge is -2.36. The van der Waals surface area contributed by atoms with Gasteiger partial charge in [-0.05, 0) is 51.9 Å². The number of halogens is 1. The summed E-state index contributed by atoms with van der Waals surface area (Å²) in [7, 11) is 1.53. The molecule has 168 valence electrons. The Morgan fingerprint density at radius 3 is 2.69 bits per heavy atom. The summed E-state index contributed by atoms with van der Waals surface area (Å²) >= 11 is 8.72. The molecule has 10 heteroatoms. The summed E-state index contributed by atoms with van der Waals surface area (Å²) < 4.78 is 11.1. The minimum atomic E-state index is -0.873. The summed E-state index contributed by atoms with van der Waals surface area (Å²) in [4.78, 5) is 39.0. The van der Waals surface area contributed by atoms with Crippen molar-refractivity contribution in [3.63, 3.8) is 0 Å². The average molecular weight is 520 g/mol. The highest BCUT2D eigenvalue weighted by atomic mass is 79.9. The van der Waals surface area contributed by atoms with Gasteiger partial charge in [0, 0.05) is 18.7 Å². The molecule has 2 aromatic carbocycles. The standard InChI is InChI=1S/C22H22BrN3O5S/c1-30-18-8-7-15(11-16(18)23)20(28)25-22(32)26-10-9-24-21(29)17(26)12-19(27)31-13-14-5-3-2-4-6-14/h2-8,11,17H,9-10,12-13H2,1H3,(H,24,29)(H,25,28,32). The molecule has 0 saturated carbocycles. The van der Waals surface area contributed by atoms with Crippen LogP contribution in [0.15, 0.2) is 53.0 Å². The van der Waals surface area contributed by atoms with Gasteiger partial charge in [0.2, 0.25) is 5.91 Å². The Hall–Kier alpha value is -2.98. The summed E-state index contributed by atoms with van der Waals surface area (Å²) in [5, 5.41) is 5.42. The second-order valence-electron chi connectivity index (χ2n) is 6.96. The predicted octanol–water partition coefficient (Wildman–Crippen LogP) is 2.41. The first-order chi connectivity index (χ1) is 15.4. The molecule has 2 amide bonds. The zero-order valence-corrected chi connectivity index (χ0v) is 19.7. The fourth-order valence-corrected chi connectivity index (χ4v) is 4.02. The van der Waals surface area contributed by atoms with Gasteiger partial charge < -0.3 is 19.7 Å². The zero-order chi connectivity index (χ0) is 23.1. The Morgan fingerprint density at radius 1 is 1.25 bits per heavy atom. The van der Waals surface area contributed by atoms with E-state index >= 15 is 0 Å². The van der Waals surface area contributed by atoms with Crippen LogP contribution in [0.25, 0.3) is 0 Å². The predicted molar refractivity (Wildman–Crippen MR) is 125 cm³/mol. The van der Waals surface area contributed by atoms with E-state index in [1.165, 1.54) is 12.0 Å². The highest BCUT2D eigenvalue weighted by Crippen LogP contribution is 2.25. The number of amides is 2. The lowest BCUT2D eigenvalue weighted by Crippen LogP contribution is -2.60. The second-order valence-corrected chi connectivity index (χ2v) is 8.20. The molecule has 3 rings (SSSR count). The number of rotatable bonds is 6. The van der Waals surface area contributed by atoms with Crippen LogP contribution in [0, 0.1) is 0 Å². The molecule has 8 nitrogen and oxygen atoms in total. The van der Waals surface area contributed by atoms with Gasteiger partial charge in [0.1, 0.15) is 18.4 Å². The van der Waals surface area contributed by atoms with E-state index in [-0.39, 0.29) is 24.0 Å². The fourth-order valence-electron chi connectivity index (χ4n) is 3.16. The first-order valence-electron chi connectivity index (χ1n) is 9.81. The van der Waals surface area contributed by atoms with E-state index < -0.39 is 17.9 Å². The summed E-state index contributed by atoms with van der Waals surface area (Å²) in [6.45, 7) is 0.813. The maximum absolute atomic E-state index is 12.6. The van der Waals surface area contributed by atoms with E-state index in [1.54, 1.807) is 18.2 Å². The van der Waals surface area contributed by atoms with Gasteiger partial charge in [0.05, 0.1) is 18.0 Å². The van der Waals surface area contributed by atoms with Gasteiger partial charge in [0.25, 0.3) is 5.91 Å². The number of hydrogen-bond acceptors (Lipinski definition) is 6. The molecule has 0 aliphatic carbocycles. The smallest absolute Gasteiger partial charge is 0.308 e. The Labute approximate surface area is 199 Å². The van der Waals surface area contributed by atoms with Gasteiger partial charge in [-0.3, -0.25) is 19.7 Å². The number of thiocarbonyl (C=S) groups is 1. The Kier molecular flexibility index (Phi) is 8.18. The molecule has 1 atom stereocenters. The number of carbonyl (C=O) groups is 3. The summed E-state index contributed by atoms with van der Waals surface area (Å²) in [6.07, 6.45) is -0.192. The largest absolute Gasteiger partial charge is 0.496 e. The number of nitrogens with zero attached hydrogens (tertiary/aromatic N) is 1. The van der Waals surface area contributed by atoms with Crippen LogP contribution in [0.3, 0.4) is 0 Å². The fraction of sp³-hybridized carbons (Fsp3) is 0.273. The van der Waals surface area contributed by atoms with Crippen LogP contribution in [0.5, 0.6) is 5.75 Å². The van der Waals surface area contributed by atoms with Crippen molar-refractivity contribution in [2.75, 3.05) is 20.2 Å². The van der Waals surface area contributed by atoms with Crippen LogP contribution in [-0.2, 0) is 20.9 Å². The zero-order valence-electron chi connectivity index (χ0n) is 17.3. The monoisotopic (exact) mass is 519 g/mol. The van der Waals surface area contributed by atoms with Gasteiger partial charge in [-0.25, -0.2) is 0 Å². The molecule has 0 aromatic heterocycles. The van der Waals surface area contributed by atoms with Crippen molar-refractivity contribution in [3.05, 3.63) is 64.1 Å². The SMILES string of the molecule is COc1ccc(C(=O)NC(=S)N2CCNC(=O)C2CC(=O)OCc2ccccc2)cc1Br. The van der Waals surface area contributed by atoms with Crippen LogP contribution < -0.4 is 15.4 Å². The third-order valence-corrected chi connectivity index (χ3v) is 5.79. The molecule has 0 bridgehead atoms. The molecule has 0 spiro atoms. The molecule has 32 heavy (non-hydrogen) atoms. The Morgan fingerprint density at radius 2 is 2.00 bits per heavy atom. The maximum Gasteiger partial charge on any atom is 0.308 e. The maximum atomic E-state index is 12.6. The first-order valence-corrected chi connectivity index (χ1v) is 11.0. The van der Waals surface area contributed by atoms with Crippen LogP contribution in [-0.4, -0.2) is 54.0 Å². The van der Waals surface area contributed by atoms with Crippen LogP contribution in [0.4, 0.5) is 0 Å². The van der Waals surface area contributed by atoms with Gasteiger partial charge in [-0.2, -0.15) is 0 Å². The highest BCUT2D eigenvalue weighted by molar-refractivity contribution is 9.10. The highest BCUT2D eigenvalue weighted by Gasteiger charge is 2.34. The quantitative estimate of drug-likeness (QED) is 0.446. The van der Waals surface area contributed by atoms with Crippen molar-refractivity contribution in [2.24, 2.45) is 0 Å². The van der Waals surface area contributed by atoms with Crippen molar-refractivity contribution in [2.45, 2.75) is 19.1 Å². The number of hydrogen-bond donors (Lipinski definition) is 2. The van der Waals surface area contributed by atoms with Crippen molar-refractivity contribution < 1.29 is 23.9 Å². The second kappa shape index (κ2) is 11.1. The van der Waals surface area contributed by atoms with Crippen molar-refractivity contribution in [1.82, 2.24) is 15.5 Å². The molecule has 0 radical (unpaired) electrons. The number of esters is 1. The molecule has 1 aliphatic rings. The summed E-state index contributed by atoms with van der Waals surface area (Å²) in [5.74, 6) is -0.730. The molecule has 1 fully saturated rings. The number of carbonyl (C=O) groups excluding carboxylic acids is 3. The molecule has 1 aliphatic heterocycles. The van der Waals surface area contributed by atoms with Crippen molar-refractivity contribution in [3.8, 4) is 5.75 Å². The van der Waals surface area contributed by atoms with Gasteiger partial charge in [0.15, 0.2) is 5.11 Å². The van der Waals surface area contributed by atoms with Crippen LogP contribution in [0.2, 0.25) is 0 Å². The van der Waals surface area contributed by atoms with Gasteiger partial charge in [-0.1, -0.05) is 30.3 Å². The van der Waals surface area contributed by atoms with Crippen molar-refractivity contribution >= 4 is 51.0 Å². The average Bonchev–Trinajstić information content (AvgIpc) is 2.79. The van der Waals surface area contributed by atoms with Crippen LogP contribution in [0.1, 0.15) is 22.3 Å². The number of methoxy groups -OCH3 is 1. The number of ether oxygens (including phenoxy) is 2. The van der Waals surface area contributed by atoms with E-state index in [2.05, 4.69) is 26.6 Å². The lowest BCUT2D eigenvalue weighted by atomic mass is 10.1. The topological polar surface area (TPSA) is 97.0 Å². The third-order valence-electron chi connectivity index (χ3n) is 4.83. The van der Waals surface area contributed by atoms with Gasteiger partial charge in [-0.15, -0.1) is 0 Å². The molecule has 1 unspecified atom stereocenters. The summed E-state index contributed by atoms with van der Waals surface area (Å²) in [6, 6.07) is 13.2. The normalized spacial score (nSPS) is 15.5. The van der Waals surface area contributed by atoms with E-state index in [0.29, 0.717) is 28.9 Å². The van der Waals surface area contributed by atoms with E-state index in [1.807, 2.05) is 30.3 Å². The lowest BCUT2D eigenvalue weighted by molar-refractivity contribution is -0.148. The van der Waals surface area contributed by atoms with Gasteiger partial charge >= 0.3 is 5.97 Å². The van der Waals surface area contributed by atoms with E-state index in [4.69, 9.17) is 21.7 Å². The minimum Gasteiger partial charge on any atom is -0.496 e. The molecule has 1 saturated heterocycles. The van der Waals surface area contributed by atoms with Crippen LogP contribution >= 0.6 is 28.1 Å². The first kappa shape index (κ1) is 23.7. The molecular weight excluding hydrogens is 498 g/mol. The number of piperazine rings is 1. The minimum absolute atomic E-state index is 0.0673. The third kappa shape index (κ3) is 6.04. The molecular formula is C22H22BrN3O5S. The Balaban J connectivity index is 1.62. The number of nitrogens with one attached hydrogen (secondary N) is 2. The molecule has 1 heterocycles. The van der Waals surface area contributed by atoms with E-state index in [0.717, 1.165) is 5.56 Å². The molecule has 2 aromatic rings. The summed E-state index contributed by atoms with van der Waals surface area (Å²) in [5.41, 5.74) is 1.21. The van der Waals surface area contributed by atoms with E-state index in [9.17, 15) is 14.4 Å². The Bertz CT molecular complexity index is 1020. The number of benzene rings is 2.